The fourth-order valence-corrected chi connectivity index (χ4v) is 0.163. The molecule has 0 fully saturated rings. The molecule has 0 atom stereocenters. The molecule has 2 heteroatoms. The summed E-state index contributed by atoms with van der Waals surface area (Å²) in [6, 6.07) is 0.470. The Morgan fingerprint density at radius 3 is 2.00 bits per heavy atom. The molecule has 0 aliphatic carbocycles. The second-order valence-electron chi connectivity index (χ2n) is 1.81. The molecule has 0 unspecified atom stereocenters. The van der Waals surface area contributed by atoms with Crippen LogP contribution in [0.3, 0.4) is 0 Å². The smallest absolute Gasteiger partial charge is 0.0410 e. The van der Waals surface area contributed by atoms with Crippen molar-refractivity contribution in [2.45, 2.75) is 19.9 Å². The highest BCUT2D eigenvalue weighted by molar-refractivity contribution is 5.22. The quantitative estimate of drug-likeness (QED) is 0.372. The molecule has 2 nitrogen and oxygen atoms in total. The van der Waals surface area contributed by atoms with Gasteiger partial charge in [-0.25, -0.2) is 0 Å². The first-order valence-corrected chi connectivity index (χ1v) is 2.38. The van der Waals surface area contributed by atoms with Crippen LogP contribution in [0.4, 0.5) is 0 Å². The predicted molar refractivity (Wildman–Crippen MR) is 32.4 cm³/mol. The second kappa shape index (κ2) is 2.61. The van der Waals surface area contributed by atoms with Crippen LogP contribution in [-0.2, 0) is 0 Å². The molecule has 0 radical (unpaired) electrons. The molecule has 0 heterocycles. The molecule has 0 bridgehead atoms. The van der Waals surface area contributed by atoms with Gasteiger partial charge in [-0.1, -0.05) is 0 Å². The van der Waals surface area contributed by atoms with Crippen LogP contribution in [0.5, 0.6) is 0 Å². The summed E-state index contributed by atoms with van der Waals surface area (Å²) in [5.74, 6) is 0. The van der Waals surface area contributed by atoms with Crippen molar-refractivity contribution in [1.29, 1.82) is 0 Å². The lowest BCUT2D eigenvalue weighted by Gasteiger charge is -2.15. The summed E-state index contributed by atoms with van der Waals surface area (Å²) >= 11 is 0. The van der Waals surface area contributed by atoms with Crippen molar-refractivity contribution in [2.24, 2.45) is 5.10 Å². The van der Waals surface area contributed by atoms with Crippen molar-refractivity contribution in [3.8, 4) is 0 Å². The van der Waals surface area contributed by atoms with Gasteiger partial charge >= 0.3 is 0 Å². The zero-order chi connectivity index (χ0) is 5.86. The van der Waals surface area contributed by atoms with Crippen LogP contribution in [0, 0.1) is 0 Å². The summed E-state index contributed by atoms with van der Waals surface area (Å²) in [6.45, 7) is 7.49. The average Bonchev–Trinajstić information content (AvgIpc) is 1.65. The monoisotopic (exact) mass is 100 g/mol. The highest BCUT2D eigenvalue weighted by Crippen LogP contribution is 1.89. The Kier molecular flexibility index (Phi) is 2.41. The average molecular weight is 100 g/mol. The molecule has 0 amide bonds. The van der Waals surface area contributed by atoms with Crippen molar-refractivity contribution in [1.82, 2.24) is 5.01 Å². The van der Waals surface area contributed by atoms with Crippen LogP contribution in [-0.4, -0.2) is 24.8 Å². The van der Waals surface area contributed by atoms with Crippen LogP contribution >= 0.6 is 0 Å². The minimum Gasteiger partial charge on any atom is -0.298 e. The zero-order valence-corrected chi connectivity index (χ0v) is 5.18. The minimum atomic E-state index is 0.470. The molecule has 42 valence electrons. The molecular weight excluding hydrogens is 88.1 g/mol. The van der Waals surface area contributed by atoms with E-state index in [2.05, 4.69) is 25.7 Å². The van der Waals surface area contributed by atoms with Crippen LogP contribution in [0.25, 0.3) is 0 Å². The fourth-order valence-electron chi connectivity index (χ4n) is 0.163. The van der Waals surface area contributed by atoms with Gasteiger partial charge in [0.1, 0.15) is 0 Å². The molecule has 0 saturated heterocycles. The number of hydrazone groups is 1. The minimum absolute atomic E-state index is 0.470. The lowest BCUT2D eigenvalue weighted by atomic mass is 10.4. The Balaban J connectivity index is 3.33. The summed E-state index contributed by atoms with van der Waals surface area (Å²) in [6.07, 6.45) is 0. The van der Waals surface area contributed by atoms with E-state index in [0.29, 0.717) is 6.04 Å². The number of hydrogen-bond donors (Lipinski definition) is 0. The lowest BCUT2D eigenvalue weighted by Crippen LogP contribution is -2.19. The normalized spacial score (nSPS) is 9.14. The molecule has 0 aliphatic rings. The summed E-state index contributed by atoms with van der Waals surface area (Å²) in [7, 11) is 1.90. The molecule has 0 saturated carbocycles. The molecule has 7 heavy (non-hydrogen) atoms. The first kappa shape index (κ1) is 6.47. The van der Waals surface area contributed by atoms with E-state index in [9.17, 15) is 0 Å². The fraction of sp³-hybridized carbons (Fsp3) is 0.800. The van der Waals surface area contributed by atoms with Gasteiger partial charge in [-0.2, -0.15) is 5.10 Å². The van der Waals surface area contributed by atoms with E-state index in [1.807, 2.05) is 7.05 Å². The highest BCUT2D eigenvalue weighted by Gasteiger charge is 1.93. The molecule has 0 aromatic heterocycles. The van der Waals surface area contributed by atoms with Crippen molar-refractivity contribution < 1.29 is 0 Å². The van der Waals surface area contributed by atoms with Gasteiger partial charge in [-0.3, -0.25) is 5.01 Å². The van der Waals surface area contributed by atoms with Gasteiger partial charge in [0.15, 0.2) is 0 Å². The van der Waals surface area contributed by atoms with Gasteiger partial charge in [-0.05, 0) is 13.8 Å². The Bertz CT molecular complexity index is 59.1. The maximum atomic E-state index is 3.67. The van der Waals surface area contributed by atoms with Crippen LogP contribution in [0.15, 0.2) is 5.10 Å². The maximum Gasteiger partial charge on any atom is 0.0410 e. The largest absolute Gasteiger partial charge is 0.298 e. The SMILES string of the molecule is C=NN(C)C(C)C. The van der Waals surface area contributed by atoms with Crippen molar-refractivity contribution >= 4 is 6.72 Å². The summed E-state index contributed by atoms with van der Waals surface area (Å²) < 4.78 is 0. The predicted octanol–water partition coefficient (Wildman–Crippen LogP) is 0.942. The van der Waals surface area contributed by atoms with E-state index in [1.165, 1.54) is 0 Å². The number of hydrogen-bond acceptors (Lipinski definition) is 2. The van der Waals surface area contributed by atoms with E-state index in [-0.39, 0.29) is 0 Å². The van der Waals surface area contributed by atoms with Gasteiger partial charge < -0.3 is 0 Å². The van der Waals surface area contributed by atoms with Gasteiger partial charge in [0.05, 0.1) is 0 Å². The Morgan fingerprint density at radius 2 is 2.00 bits per heavy atom. The highest BCUT2D eigenvalue weighted by atomic mass is 15.4. The van der Waals surface area contributed by atoms with Crippen LogP contribution in [0.1, 0.15) is 13.8 Å². The third kappa shape index (κ3) is 2.20. The van der Waals surface area contributed by atoms with E-state index in [4.69, 9.17) is 0 Å². The summed E-state index contributed by atoms with van der Waals surface area (Å²) in [5, 5.41) is 5.48. The van der Waals surface area contributed by atoms with Crippen molar-refractivity contribution in [2.75, 3.05) is 7.05 Å². The first-order chi connectivity index (χ1) is 3.18. The molecule has 0 spiro atoms. The molecule has 0 aromatic carbocycles. The molecule has 0 aromatic rings. The number of nitrogens with zero attached hydrogens (tertiary/aromatic N) is 2. The summed E-state index contributed by atoms with van der Waals surface area (Å²) in [4.78, 5) is 0. The number of rotatable bonds is 2. The van der Waals surface area contributed by atoms with E-state index in [1.54, 1.807) is 5.01 Å². The molecule has 0 N–H and O–H groups in total. The van der Waals surface area contributed by atoms with Crippen molar-refractivity contribution in [3.05, 3.63) is 0 Å². The Morgan fingerprint density at radius 1 is 1.57 bits per heavy atom. The Hall–Kier alpha value is -0.530. The topological polar surface area (TPSA) is 15.6 Å². The molecule has 0 aliphatic heterocycles. The van der Waals surface area contributed by atoms with Crippen LogP contribution < -0.4 is 0 Å². The third-order valence-corrected chi connectivity index (χ3v) is 0.970. The zero-order valence-electron chi connectivity index (χ0n) is 5.18. The van der Waals surface area contributed by atoms with E-state index in [0.717, 1.165) is 0 Å². The van der Waals surface area contributed by atoms with Crippen LogP contribution in [0.2, 0.25) is 0 Å². The van der Waals surface area contributed by atoms with Gasteiger partial charge in [0.2, 0.25) is 0 Å². The van der Waals surface area contributed by atoms with Crippen molar-refractivity contribution in [3.63, 3.8) is 0 Å². The third-order valence-electron chi connectivity index (χ3n) is 0.970. The molecule has 0 rings (SSSR count). The van der Waals surface area contributed by atoms with E-state index < -0.39 is 0 Å². The van der Waals surface area contributed by atoms with Gasteiger partial charge in [0, 0.05) is 19.8 Å². The van der Waals surface area contributed by atoms with E-state index >= 15 is 0 Å². The summed E-state index contributed by atoms with van der Waals surface area (Å²) in [5.41, 5.74) is 0. The van der Waals surface area contributed by atoms with Gasteiger partial charge in [-0.15, -0.1) is 0 Å². The Labute approximate surface area is 44.8 Å². The second-order valence-corrected chi connectivity index (χ2v) is 1.81. The maximum absolute atomic E-state index is 3.67. The lowest BCUT2D eigenvalue weighted by molar-refractivity contribution is 0.291. The van der Waals surface area contributed by atoms with Gasteiger partial charge in [0.25, 0.3) is 0 Å². The first-order valence-electron chi connectivity index (χ1n) is 2.38. The standard InChI is InChI=1S/C5H12N2/c1-5(2)7(4)6-3/h5H,3H2,1-2,4H3. The molecular formula is C5H12N2.